The zero-order valence-electron chi connectivity index (χ0n) is 17.6. The summed E-state index contributed by atoms with van der Waals surface area (Å²) in [6.07, 6.45) is 0. The maximum absolute atomic E-state index is 13.0. The van der Waals surface area contributed by atoms with Crippen LogP contribution in [0, 0.1) is 6.92 Å². The van der Waals surface area contributed by atoms with Crippen molar-refractivity contribution in [1.29, 1.82) is 0 Å². The number of ether oxygens (including phenoxy) is 2. The second-order valence-corrected chi connectivity index (χ2v) is 8.53. The van der Waals surface area contributed by atoms with Crippen LogP contribution in [0.2, 0.25) is 0 Å². The lowest BCUT2D eigenvalue weighted by atomic mass is 10.1. The zero-order valence-corrected chi connectivity index (χ0v) is 18.4. The average Bonchev–Trinajstić information content (AvgIpc) is 2.68. The van der Waals surface area contributed by atoms with Gasteiger partial charge in [-0.1, -0.05) is 6.07 Å². The fourth-order valence-electron chi connectivity index (χ4n) is 2.65. The molecule has 0 aromatic heterocycles. The van der Waals surface area contributed by atoms with E-state index in [1.54, 1.807) is 39.8 Å². The number of nitrogens with one attached hydrogen (secondary N) is 2. The summed E-state index contributed by atoms with van der Waals surface area (Å²) in [5.74, 6) is -0.734. The highest BCUT2D eigenvalue weighted by Crippen LogP contribution is 2.26. The molecule has 0 atom stereocenters. The monoisotopic (exact) mass is 434 g/mol. The van der Waals surface area contributed by atoms with E-state index in [2.05, 4.69) is 10.0 Å². The van der Waals surface area contributed by atoms with Crippen LogP contribution in [-0.4, -0.2) is 40.1 Å². The van der Waals surface area contributed by atoms with E-state index in [-0.39, 0.29) is 40.1 Å². The number of methoxy groups -OCH3 is 1. The lowest BCUT2D eigenvalue weighted by molar-refractivity contribution is 0.0526. The summed E-state index contributed by atoms with van der Waals surface area (Å²) < 4.78 is 38.5. The Balaban J connectivity index is 2.41. The Morgan fingerprint density at radius 1 is 1.10 bits per heavy atom. The Morgan fingerprint density at radius 2 is 1.80 bits per heavy atom. The Bertz CT molecular complexity index is 1050. The third-order valence-corrected chi connectivity index (χ3v) is 5.50. The molecule has 0 aliphatic heterocycles. The summed E-state index contributed by atoms with van der Waals surface area (Å²) in [6, 6.07) is 8.49. The zero-order chi connectivity index (χ0) is 22.5. The van der Waals surface area contributed by atoms with Crippen LogP contribution in [0.3, 0.4) is 0 Å². The van der Waals surface area contributed by atoms with E-state index in [0.29, 0.717) is 5.56 Å². The first kappa shape index (κ1) is 23.2. The molecular formula is C21H26N2O6S. The van der Waals surface area contributed by atoms with E-state index in [9.17, 15) is 18.0 Å². The number of hydrogen-bond donors (Lipinski definition) is 2. The topological polar surface area (TPSA) is 111 Å². The molecule has 2 aromatic carbocycles. The molecule has 8 nitrogen and oxygen atoms in total. The van der Waals surface area contributed by atoms with Gasteiger partial charge in [0.1, 0.15) is 5.75 Å². The van der Waals surface area contributed by atoms with Gasteiger partial charge in [0, 0.05) is 6.04 Å². The van der Waals surface area contributed by atoms with Crippen molar-refractivity contribution in [3.8, 4) is 5.75 Å². The molecule has 30 heavy (non-hydrogen) atoms. The molecule has 0 radical (unpaired) electrons. The fraction of sp³-hybridized carbons (Fsp3) is 0.333. The van der Waals surface area contributed by atoms with Gasteiger partial charge in [-0.05, 0) is 63.6 Å². The summed E-state index contributed by atoms with van der Waals surface area (Å²) in [4.78, 5) is 24.3. The van der Waals surface area contributed by atoms with Gasteiger partial charge in [-0.25, -0.2) is 13.2 Å². The Morgan fingerprint density at radius 3 is 2.40 bits per heavy atom. The number of rotatable bonds is 8. The molecule has 0 heterocycles. The molecular weight excluding hydrogens is 408 g/mol. The van der Waals surface area contributed by atoms with E-state index in [4.69, 9.17) is 9.47 Å². The summed E-state index contributed by atoms with van der Waals surface area (Å²) in [6.45, 7) is 7.20. The number of anilines is 1. The van der Waals surface area contributed by atoms with Gasteiger partial charge in [0.15, 0.2) is 0 Å². The summed E-state index contributed by atoms with van der Waals surface area (Å²) in [7, 11) is -2.64. The van der Waals surface area contributed by atoms with Crippen LogP contribution in [0.15, 0.2) is 41.3 Å². The SMILES string of the molecule is CCOC(=O)c1ccc(C)c(NS(=O)(=O)c2ccc(OC)c(C(=O)NC(C)C)c2)c1. The highest BCUT2D eigenvalue weighted by Gasteiger charge is 2.21. The van der Waals surface area contributed by atoms with Crippen molar-refractivity contribution in [1.82, 2.24) is 5.32 Å². The van der Waals surface area contributed by atoms with E-state index < -0.39 is 21.9 Å². The maximum Gasteiger partial charge on any atom is 0.338 e. The molecule has 0 bridgehead atoms. The number of hydrogen-bond acceptors (Lipinski definition) is 6. The Kier molecular flexibility index (Phi) is 7.44. The molecule has 9 heteroatoms. The largest absolute Gasteiger partial charge is 0.496 e. The molecule has 0 fully saturated rings. The van der Waals surface area contributed by atoms with E-state index in [0.717, 1.165) is 0 Å². The van der Waals surface area contributed by atoms with Crippen LogP contribution in [0.5, 0.6) is 5.75 Å². The van der Waals surface area contributed by atoms with Gasteiger partial charge in [0.2, 0.25) is 0 Å². The molecule has 2 aromatic rings. The minimum absolute atomic E-state index is 0.103. The van der Waals surface area contributed by atoms with Crippen molar-refractivity contribution < 1.29 is 27.5 Å². The summed E-state index contributed by atoms with van der Waals surface area (Å²) >= 11 is 0. The average molecular weight is 435 g/mol. The molecule has 0 aliphatic carbocycles. The first-order chi connectivity index (χ1) is 14.1. The summed E-state index contributed by atoms with van der Waals surface area (Å²) in [5.41, 5.74) is 1.19. The summed E-state index contributed by atoms with van der Waals surface area (Å²) in [5, 5.41) is 2.72. The van der Waals surface area contributed by atoms with Gasteiger partial charge in [-0.2, -0.15) is 0 Å². The number of carbonyl (C=O) groups is 2. The normalized spacial score (nSPS) is 11.1. The molecule has 0 unspecified atom stereocenters. The first-order valence-electron chi connectivity index (χ1n) is 9.38. The minimum atomic E-state index is -4.04. The lowest BCUT2D eigenvalue weighted by Crippen LogP contribution is -2.30. The van der Waals surface area contributed by atoms with E-state index in [1.807, 2.05) is 0 Å². The smallest absolute Gasteiger partial charge is 0.338 e. The third-order valence-electron chi connectivity index (χ3n) is 4.14. The van der Waals surface area contributed by atoms with Crippen LogP contribution in [0.25, 0.3) is 0 Å². The molecule has 2 N–H and O–H groups in total. The number of carbonyl (C=O) groups excluding carboxylic acids is 2. The van der Waals surface area contributed by atoms with Crippen LogP contribution >= 0.6 is 0 Å². The van der Waals surface area contributed by atoms with Gasteiger partial charge < -0.3 is 14.8 Å². The van der Waals surface area contributed by atoms with E-state index in [1.165, 1.54) is 31.4 Å². The number of benzene rings is 2. The number of esters is 1. The molecule has 0 spiro atoms. The number of amides is 1. The van der Waals surface area contributed by atoms with Gasteiger partial charge in [0.25, 0.3) is 15.9 Å². The first-order valence-corrected chi connectivity index (χ1v) is 10.9. The van der Waals surface area contributed by atoms with Crippen LogP contribution in [0.1, 0.15) is 47.1 Å². The van der Waals surface area contributed by atoms with Crippen molar-refractivity contribution in [3.05, 3.63) is 53.1 Å². The van der Waals surface area contributed by atoms with Gasteiger partial charge in [-0.3, -0.25) is 9.52 Å². The van der Waals surface area contributed by atoms with Crippen LogP contribution in [0.4, 0.5) is 5.69 Å². The fourth-order valence-corrected chi connectivity index (χ4v) is 3.80. The van der Waals surface area contributed by atoms with Crippen molar-refractivity contribution in [3.63, 3.8) is 0 Å². The number of sulfonamides is 1. The number of aryl methyl sites for hydroxylation is 1. The predicted octanol–water partition coefficient (Wildman–Crippen LogP) is 3.12. The Hall–Kier alpha value is -3.07. The highest BCUT2D eigenvalue weighted by atomic mass is 32.2. The molecule has 162 valence electrons. The lowest BCUT2D eigenvalue weighted by Gasteiger charge is -2.15. The quantitative estimate of drug-likeness (QED) is 0.618. The predicted molar refractivity (Wildman–Crippen MR) is 114 cm³/mol. The third kappa shape index (κ3) is 5.50. The van der Waals surface area contributed by atoms with Gasteiger partial charge in [0.05, 0.1) is 35.4 Å². The Labute approximate surface area is 176 Å². The maximum atomic E-state index is 13.0. The van der Waals surface area contributed by atoms with Crippen molar-refractivity contribution in [2.45, 2.75) is 38.6 Å². The van der Waals surface area contributed by atoms with Crippen molar-refractivity contribution >= 4 is 27.6 Å². The standard InChI is InChI=1S/C21H26N2O6S/c1-6-29-21(25)15-8-7-14(4)18(11-15)23-30(26,27)16-9-10-19(28-5)17(12-16)20(24)22-13(2)3/h7-13,23H,6H2,1-5H3,(H,22,24). The van der Waals surface area contributed by atoms with Gasteiger partial charge >= 0.3 is 5.97 Å². The minimum Gasteiger partial charge on any atom is -0.496 e. The van der Waals surface area contributed by atoms with Gasteiger partial charge in [-0.15, -0.1) is 0 Å². The molecule has 0 saturated heterocycles. The van der Waals surface area contributed by atoms with Crippen molar-refractivity contribution in [2.75, 3.05) is 18.4 Å². The molecule has 0 saturated carbocycles. The van der Waals surface area contributed by atoms with Crippen LogP contribution < -0.4 is 14.8 Å². The second kappa shape index (κ2) is 9.62. The molecule has 0 aliphatic rings. The highest BCUT2D eigenvalue weighted by molar-refractivity contribution is 7.92. The molecule has 2 rings (SSSR count). The van der Waals surface area contributed by atoms with E-state index >= 15 is 0 Å². The second-order valence-electron chi connectivity index (χ2n) is 6.85. The van der Waals surface area contributed by atoms with Crippen LogP contribution in [-0.2, 0) is 14.8 Å². The van der Waals surface area contributed by atoms with Crippen molar-refractivity contribution in [2.24, 2.45) is 0 Å². The molecule has 1 amide bonds.